The molecular formula is C26H28N6O2S. The molecule has 1 N–H and O–H groups in total. The molecule has 4 rings (SSSR count). The summed E-state index contributed by atoms with van der Waals surface area (Å²) in [5.74, 6) is -0.109. The monoisotopic (exact) mass is 488 g/mol. The standard InChI is InChI=1S/C26H28N6O2S/c1-4-31(5-2)20-15-13-19(14-16-20)24-28-29-26(32(24)21-10-7-6-8-11-21)35-18-23(33)27-25(34)22-12-9-17-30(22)3/h6-17H,4-5,18H2,1-3H3,(H,27,33,34). The largest absolute Gasteiger partial charge is 0.372 e. The van der Waals surface area contributed by atoms with Crippen LogP contribution in [0.25, 0.3) is 17.1 Å². The van der Waals surface area contributed by atoms with Gasteiger partial charge in [0.2, 0.25) is 5.91 Å². The topological polar surface area (TPSA) is 85.1 Å². The van der Waals surface area contributed by atoms with Gasteiger partial charge in [0.15, 0.2) is 11.0 Å². The van der Waals surface area contributed by atoms with Crippen molar-refractivity contribution in [3.05, 3.63) is 78.6 Å². The second kappa shape index (κ2) is 11.1. The summed E-state index contributed by atoms with van der Waals surface area (Å²) in [7, 11) is 1.76. The van der Waals surface area contributed by atoms with E-state index in [0.29, 0.717) is 16.7 Å². The van der Waals surface area contributed by atoms with Gasteiger partial charge in [0.05, 0.1) is 5.75 Å². The number of para-hydroxylation sites is 1. The van der Waals surface area contributed by atoms with Crippen LogP contribution < -0.4 is 10.2 Å². The Morgan fingerprint density at radius 1 is 0.943 bits per heavy atom. The van der Waals surface area contributed by atoms with E-state index in [2.05, 4.69) is 46.4 Å². The van der Waals surface area contributed by atoms with Crippen LogP contribution in [0.5, 0.6) is 0 Å². The molecule has 0 aliphatic carbocycles. The van der Waals surface area contributed by atoms with Crippen molar-refractivity contribution in [3.8, 4) is 17.1 Å². The summed E-state index contributed by atoms with van der Waals surface area (Å²) in [5.41, 5.74) is 3.39. The van der Waals surface area contributed by atoms with Gasteiger partial charge in [-0.1, -0.05) is 30.0 Å². The molecule has 2 aromatic heterocycles. The van der Waals surface area contributed by atoms with Gasteiger partial charge in [-0.05, 0) is 62.4 Å². The number of carbonyl (C=O) groups is 2. The molecule has 0 saturated carbocycles. The van der Waals surface area contributed by atoms with Gasteiger partial charge in [-0.15, -0.1) is 10.2 Å². The first-order valence-corrected chi connectivity index (χ1v) is 12.4. The van der Waals surface area contributed by atoms with Crippen molar-refractivity contribution in [2.75, 3.05) is 23.7 Å². The van der Waals surface area contributed by atoms with Gasteiger partial charge < -0.3 is 9.47 Å². The maximum Gasteiger partial charge on any atom is 0.274 e. The van der Waals surface area contributed by atoms with Crippen molar-refractivity contribution < 1.29 is 9.59 Å². The molecule has 2 aromatic carbocycles. The van der Waals surface area contributed by atoms with Crippen molar-refractivity contribution in [2.45, 2.75) is 19.0 Å². The number of aryl methyl sites for hydroxylation is 1. The third-order valence-corrected chi connectivity index (χ3v) is 6.59. The molecule has 0 saturated heterocycles. The maximum absolute atomic E-state index is 12.5. The van der Waals surface area contributed by atoms with Crippen molar-refractivity contribution in [3.63, 3.8) is 0 Å². The Morgan fingerprint density at radius 3 is 2.29 bits per heavy atom. The van der Waals surface area contributed by atoms with Crippen LogP contribution in [0.15, 0.2) is 78.1 Å². The molecule has 0 unspecified atom stereocenters. The van der Waals surface area contributed by atoms with Crippen LogP contribution in [-0.4, -0.2) is 50.0 Å². The Hall–Kier alpha value is -3.85. The normalized spacial score (nSPS) is 10.8. The summed E-state index contributed by atoms with van der Waals surface area (Å²) in [4.78, 5) is 27.1. The minimum absolute atomic E-state index is 0.0298. The molecule has 9 heteroatoms. The van der Waals surface area contributed by atoms with E-state index in [1.165, 1.54) is 11.8 Å². The zero-order valence-electron chi connectivity index (χ0n) is 20.0. The smallest absolute Gasteiger partial charge is 0.274 e. The van der Waals surface area contributed by atoms with Crippen LogP contribution in [0.3, 0.4) is 0 Å². The molecule has 0 aliphatic heterocycles. The van der Waals surface area contributed by atoms with E-state index in [9.17, 15) is 9.59 Å². The highest BCUT2D eigenvalue weighted by Crippen LogP contribution is 2.29. The van der Waals surface area contributed by atoms with Crippen molar-refractivity contribution in [1.29, 1.82) is 0 Å². The van der Waals surface area contributed by atoms with E-state index in [1.54, 1.807) is 29.9 Å². The zero-order valence-corrected chi connectivity index (χ0v) is 20.8. The zero-order chi connectivity index (χ0) is 24.8. The SMILES string of the molecule is CCN(CC)c1ccc(-c2nnc(SCC(=O)NC(=O)c3cccn3C)n2-c2ccccc2)cc1. The van der Waals surface area contributed by atoms with Gasteiger partial charge in [0.1, 0.15) is 5.69 Å². The van der Waals surface area contributed by atoms with Crippen LogP contribution >= 0.6 is 11.8 Å². The predicted molar refractivity (Wildman–Crippen MR) is 139 cm³/mol. The molecule has 2 amide bonds. The van der Waals surface area contributed by atoms with E-state index < -0.39 is 11.8 Å². The summed E-state index contributed by atoms with van der Waals surface area (Å²) >= 11 is 1.23. The number of nitrogens with one attached hydrogen (secondary N) is 1. The van der Waals surface area contributed by atoms with Gasteiger partial charge in [0.25, 0.3) is 5.91 Å². The second-order valence-electron chi connectivity index (χ2n) is 7.87. The molecule has 0 radical (unpaired) electrons. The third-order valence-electron chi connectivity index (χ3n) is 5.66. The van der Waals surface area contributed by atoms with E-state index in [4.69, 9.17) is 0 Å². The molecular weight excluding hydrogens is 460 g/mol. The Balaban J connectivity index is 1.56. The average molecular weight is 489 g/mol. The van der Waals surface area contributed by atoms with Gasteiger partial charge in [-0.3, -0.25) is 19.5 Å². The fraction of sp³-hybridized carbons (Fsp3) is 0.231. The molecule has 4 aromatic rings. The number of anilines is 1. The summed E-state index contributed by atoms with van der Waals surface area (Å²) in [6.45, 7) is 6.14. The molecule has 2 heterocycles. The molecule has 0 spiro atoms. The molecule has 0 fully saturated rings. The fourth-order valence-corrected chi connectivity index (χ4v) is 4.58. The van der Waals surface area contributed by atoms with E-state index in [-0.39, 0.29) is 5.75 Å². The first-order valence-electron chi connectivity index (χ1n) is 11.5. The van der Waals surface area contributed by atoms with Crippen LogP contribution in [0.2, 0.25) is 0 Å². The third kappa shape index (κ3) is 5.46. The van der Waals surface area contributed by atoms with Crippen LogP contribution in [0.1, 0.15) is 24.3 Å². The summed E-state index contributed by atoms with van der Waals surface area (Å²) < 4.78 is 3.60. The Morgan fingerprint density at radius 2 is 1.66 bits per heavy atom. The molecule has 0 bridgehead atoms. The predicted octanol–water partition coefficient (Wildman–Crippen LogP) is 4.17. The van der Waals surface area contributed by atoms with E-state index in [0.717, 1.165) is 30.0 Å². The molecule has 0 aliphatic rings. The quantitative estimate of drug-likeness (QED) is 0.356. The molecule has 180 valence electrons. The summed E-state index contributed by atoms with van der Waals surface area (Å²) in [5, 5.41) is 11.8. The minimum Gasteiger partial charge on any atom is -0.372 e. The highest BCUT2D eigenvalue weighted by molar-refractivity contribution is 7.99. The Labute approximate surface area is 209 Å². The number of amides is 2. The molecule has 8 nitrogen and oxygen atoms in total. The van der Waals surface area contributed by atoms with Crippen LogP contribution in [0.4, 0.5) is 5.69 Å². The Bertz CT molecular complexity index is 1290. The highest BCUT2D eigenvalue weighted by atomic mass is 32.2. The van der Waals surface area contributed by atoms with Gasteiger partial charge >= 0.3 is 0 Å². The number of rotatable bonds is 9. The van der Waals surface area contributed by atoms with Crippen molar-refractivity contribution in [1.82, 2.24) is 24.6 Å². The maximum atomic E-state index is 12.5. The number of nitrogens with zero attached hydrogens (tertiary/aromatic N) is 5. The number of carbonyl (C=O) groups excluding carboxylic acids is 2. The highest BCUT2D eigenvalue weighted by Gasteiger charge is 2.19. The Kier molecular flexibility index (Phi) is 7.67. The number of thioether (sulfide) groups is 1. The lowest BCUT2D eigenvalue weighted by Gasteiger charge is -2.21. The second-order valence-corrected chi connectivity index (χ2v) is 8.81. The minimum atomic E-state index is -0.429. The number of aromatic nitrogens is 4. The molecule has 0 atom stereocenters. The number of benzene rings is 2. The van der Waals surface area contributed by atoms with Crippen molar-refractivity contribution >= 4 is 29.3 Å². The average Bonchev–Trinajstić information content (AvgIpc) is 3.51. The summed E-state index contributed by atoms with van der Waals surface area (Å²) in [6, 6.07) is 21.5. The van der Waals surface area contributed by atoms with E-state index in [1.807, 2.05) is 47.0 Å². The van der Waals surface area contributed by atoms with Gasteiger partial charge in [-0.25, -0.2) is 0 Å². The fourth-order valence-electron chi connectivity index (χ4n) is 3.82. The van der Waals surface area contributed by atoms with E-state index >= 15 is 0 Å². The summed E-state index contributed by atoms with van der Waals surface area (Å²) in [6.07, 6.45) is 1.76. The van der Waals surface area contributed by atoms with Crippen LogP contribution in [-0.2, 0) is 11.8 Å². The lowest BCUT2D eigenvalue weighted by atomic mass is 10.1. The molecule has 35 heavy (non-hydrogen) atoms. The van der Waals surface area contributed by atoms with Crippen LogP contribution in [0, 0.1) is 0 Å². The van der Waals surface area contributed by atoms with Gasteiger partial charge in [-0.2, -0.15) is 0 Å². The first kappa shape index (κ1) is 24.3. The number of imide groups is 1. The number of hydrogen-bond acceptors (Lipinski definition) is 6. The van der Waals surface area contributed by atoms with Crippen molar-refractivity contribution in [2.24, 2.45) is 7.05 Å². The number of hydrogen-bond donors (Lipinski definition) is 1. The lowest BCUT2D eigenvalue weighted by molar-refractivity contribution is -0.117. The lowest BCUT2D eigenvalue weighted by Crippen LogP contribution is -2.33. The van der Waals surface area contributed by atoms with Gasteiger partial charge in [0, 0.05) is 43.3 Å². The first-order chi connectivity index (χ1) is 17.0.